The van der Waals surface area contributed by atoms with Crippen molar-refractivity contribution in [2.75, 3.05) is 12.0 Å². The lowest BCUT2D eigenvalue weighted by atomic mass is 10.1. The summed E-state index contributed by atoms with van der Waals surface area (Å²) in [5.74, 6) is -1.63. The van der Waals surface area contributed by atoms with Gasteiger partial charge in [0.25, 0.3) is 0 Å². The molecule has 2 unspecified atom stereocenters. The molecule has 0 saturated carbocycles. The number of benzene rings is 1. The molecule has 3 atom stereocenters. The zero-order valence-corrected chi connectivity index (χ0v) is 18.8. The molecular weight excluding hydrogens is 426 g/mol. The summed E-state index contributed by atoms with van der Waals surface area (Å²) in [4.78, 5) is 37.2. The summed E-state index contributed by atoms with van der Waals surface area (Å²) in [5, 5.41) is 17.8. The molecule has 0 aromatic heterocycles. The lowest BCUT2D eigenvalue weighted by Crippen LogP contribution is -2.42. The van der Waals surface area contributed by atoms with Crippen molar-refractivity contribution in [2.24, 2.45) is 0 Å². The molecule has 0 bridgehead atoms. The Morgan fingerprint density at radius 1 is 1.07 bits per heavy atom. The number of hydrogen-bond acceptors (Lipinski definition) is 5. The van der Waals surface area contributed by atoms with Gasteiger partial charge in [-0.25, -0.2) is 4.79 Å². The number of carboxylic acid groups (broad SMARTS) is 2. The van der Waals surface area contributed by atoms with Crippen LogP contribution in [0.2, 0.25) is 0 Å². The van der Waals surface area contributed by atoms with E-state index in [-0.39, 0.29) is 18.7 Å². The van der Waals surface area contributed by atoms with E-state index in [2.05, 4.69) is 0 Å². The molecule has 2 rings (SSSR count). The average Bonchev–Trinajstić information content (AvgIpc) is 3.15. The second kappa shape index (κ2) is 12.1. The Hall–Kier alpha value is -1.87. The maximum Gasteiger partial charge on any atom is 0.327 e. The molecule has 7 nitrogen and oxygen atoms in total. The number of amides is 1. The monoisotopic (exact) mass is 455 g/mol. The molecule has 1 aromatic rings. The van der Waals surface area contributed by atoms with Crippen molar-refractivity contribution in [2.45, 2.75) is 67.7 Å². The van der Waals surface area contributed by atoms with Crippen LogP contribution in [0.3, 0.4) is 0 Å². The minimum absolute atomic E-state index is 0.175. The second-order valence-corrected chi connectivity index (χ2v) is 9.88. The molecule has 0 radical (unpaired) electrons. The smallest absolute Gasteiger partial charge is 0.327 e. The van der Waals surface area contributed by atoms with Crippen molar-refractivity contribution in [3.63, 3.8) is 0 Å². The van der Waals surface area contributed by atoms with Gasteiger partial charge in [0.2, 0.25) is 5.91 Å². The highest BCUT2D eigenvalue weighted by Gasteiger charge is 2.42. The van der Waals surface area contributed by atoms with E-state index in [1.54, 1.807) is 24.5 Å². The van der Waals surface area contributed by atoms with Crippen LogP contribution < -0.4 is 0 Å². The molecule has 1 aliphatic heterocycles. The SMILES string of the molecule is CS(=O)c1cccc(C2SC[C@@H](C(=O)O)N2C(=O)CCCCCCCCC(=O)O)c1. The van der Waals surface area contributed by atoms with Gasteiger partial charge in [0.1, 0.15) is 11.4 Å². The van der Waals surface area contributed by atoms with E-state index in [1.807, 2.05) is 6.07 Å². The number of unbranched alkanes of at least 4 members (excludes halogenated alkanes) is 5. The summed E-state index contributed by atoms with van der Waals surface area (Å²) in [7, 11) is -1.15. The van der Waals surface area contributed by atoms with E-state index >= 15 is 0 Å². The summed E-state index contributed by atoms with van der Waals surface area (Å²) < 4.78 is 11.8. The van der Waals surface area contributed by atoms with E-state index in [4.69, 9.17) is 5.11 Å². The van der Waals surface area contributed by atoms with Crippen LogP contribution in [-0.4, -0.2) is 55.2 Å². The summed E-state index contributed by atoms with van der Waals surface area (Å²) >= 11 is 1.42. The fraction of sp³-hybridized carbons (Fsp3) is 0.571. The normalized spacial score (nSPS) is 19.6. The van der Waals surface area contributed by atoms with Crippen LogP contribution in [0.5, 0.6) is 0 Å². The Labute approximate surface area is 183 Å². The van der Waals surface area contributed by atoms with Crippen molar-refractivity contribution in [3.8, 4) is 0 Å². The minimum Gasteiger partial charge on any atom is -0.481 e. The third-order valence-corrected chi connectivity index (χ3v) is 7.32. The van der Waals surface area contributed by atoms with Crippen LogP contribution >= 0.6 is 11.8 Å². The van der Waals surface area contributed by atoms with Crippen molar-refractivity contribution < 1.29 is 28.8 Å². The molecule has 0 aliphatic carbocycles. The molecule has 166 valence electrons. The minimum atomic E-state index is -1.15. The quantitative estimate of drug-likeness (QED) is 0.463. The Morgan fingerprint density at radius 2 is 1.70 bits per heavy atom. The Balaban J connectivity index is 1.92. The van der Waals surface area contributed by atoms with Crippen molar-refractivity contribution in [1.29, 1.82) is 0 Å². The molecule has 1 saturated heterocycles. The van der Waals surface area contributed by atoms with E-state index < -0.39 is 34.2 Å². The highest BCUT2D eigenvalue weighted by Crippen LogP contribution is 2.42. The van der Waals surface area contributed by atoms with Crippen LogP contribution in [0, 0.1) is 0 Å². The van der Waals surface area contributed by atoms with E-state index in [9.17, 15) is 23.7 Å². The zero-order chi connectivity index (χ0) is 22.1. The molecule has 2 N–H and O–H groups in total. The third kappa shape index (κ3) is 7.12. The van der Waals surface area contributed by atoms with Crippen LogP contribution in [0.4, 0.5) is 0 Å². The standard InChI is InChI=1S/C21H29NO6S2/c1-30(28)16-10-8-9-15(13-16)20-22(17(14-29-20)21(26)27)18(23)11-6-4-2-3-5-7-12-19(24)25/h8-10,13,17,20H,2-7,11-12,14H2,1H3,(H,24,25)(H,26,27)/t17-,20?,30?/m0/s1. The van der Waals surface area contributed by atoms with Gasteiger partial charge in [-0.3, -0.25) is 13.8 Å². The largest absolute Gasteiger partial charge is 0.481 e. The molecule has 1 fully saturated rings. The number of carboxylic acids is 2. The predicted octanol–water partition coefficient (Wildman–Crippen LogP) is 3.66. The predicted molar refractivity (Wildman–Crippen MR) is 117 cm³/mol. The number of carbonyl (C=O) groups excluding carboxylic acids is 1. The molecule has 9 heteroatoms. The lowest BCUT2D eigenvalue weighted by molar-refractivity contribution is -0.149. The van der Waals surface area contributed by atoms with Gasteiger partial charge in [-0.1, -0.05) is 37.8 Å². The summed E-state index contributed by atoms with van der Waals surface area (Å²) in [6.45, 7) is 0. The topological polar surface area (TPSA) is 112 Å². The van der Waals surface area contributed by atoms with Crippen LogP contribution in [0.15, 0.2) is 29.2 Å². The molecular formula is C21H29NO6S2. The van der Waals surface area contributed by atoms with Crippen LogP contribution in [0.1, 0.15) is 62.3 Å². The van der Waals surface area contributed by atoms with Gasteiger partial charge in [-0.05, 0) is 30.5 Å². The van der Waals surface area contributed by atoms with E-state index in [0.29, 0.717) is 23.5 Å². The highest BCUT2D eigenvalue weighted by molar-refractivity contribution is 7.99. The average molecular weight is 456 g/mol. The third-order valence-electron chi connectivity index (χ3n) is 5.08. The van der Waals surface area contributed by atoms with E-state index in [0.717, 1.165) is 31.2 Å². The lowest BCUT2D eigenvalue weighted by Gasteiger charge is -2.28. The molecule has 1 amide bonds. The molecule has 1 aliphatic rings. The van der Waals surface area contributed by atoms with Crippen molar-refractivity contribution >= 4 is 40.4 Å². The fourth-order valence-electron chi connectivity index (χ4n) is 3.49. The maximum absolute atomic E-state index is 12.9. The first kappa shape index (κ1) is 24.4. The summed E-state index contributed by atoms with van der Waals surface area (Å²) in [6.07, 6.45) is 6.99. The summed E-state index contributed by atoms with van der Waals surface area (Å²) in [6, 6.07) is 6.31. The number of hydrogen-bond donors (Lipinski definition) is 2. The number of rotatable bonds is 12. The van der Waals surface area contributed by atoms with Gasteiger partial charge in [0.05, 0.1) is 0 Å². The second-order valence-electron chi connectivity index (χ2n) is 7.38. The fourth-order valence-corrected chi connectivity index (χ4v) is 5.50. The van der Waals surface area contributed by atoms with Gasteiger partial charge >= 0.3 is 11.9 Å². The van der Waals surface area contributed by atoms with Crippen molar-refractivity contribution in [3.05, 3.63) is 29.8 Å². The Kier molecular flexibility index (Phi) is 9.84. The molecule has 0 spiro atoms. The first-order valence-electron chi connectivity index (χ1n) is 10.1. The van der Waals surface area contributed by atoms with Gasteiger partial charge < -0.3 is 15.1 Å². The van der Waals surface area contributed by atoms with Gasteiger partial charge in [0.15, 0.2) is 0 Å². The molecule has 30 heavy (non-hydrogen) atoms. The Bertz CT molecular complexity index is 785. The molecule has 1 aromatic carbocycles. The van der Waals surface area contributed by atoms with Crippen molar-refractivity contribution in [1.82, 2.24) is 4.90 Å². The zero-order valence-electron chi connectivity index (χ0n) is 17.1. The Morgan fingerprint density at radius 3 is 2.30 bits per heavy atom. The molecule has 1 heterocycles. The number of aliphatic carboxylic acids is 2. The first-order valence-corrected chi connectivity index (χ1v) is 12.7. The highest BCUT2D eigenvalue weighted by atomic mass is 32.2. The van der Waals surface area contributed by atoms with E-state index in [1.165, 1.54) is 16.7 Å². The van der Waals surface area contributed by atoms with Gasteiger partial charge in [-0.2, -0.15) is 0 Å². The van der Waals surface area contributed by atoms with Gasteiger partial charge in [-0.15, -0.1) is 11.8 Å². The number of carbonyl (C=O) groups is 3. The van der Waals surface area contributed by atoms with Crippen LogP contribution in [0.25, 0.3) is 0 Å². The maximum atomic E-state index is 12.9. The van der Waals surface area contributed by atoms with Crippen LogP contribution in [-0.2, 0) is 25.2 Å². The first-order chi connectivity index (χ1) is 14.3. The number of thioether (sulfide) groups is 1. The summed E-state index contributed by atoms with van der Waals surface area (Å²) in [5.41, 5.74) is 0.795. The van der Waals surface area contributed by atoms with Gasteiger partial charge in [0, 0.05) is 40.5 Å². The number of nitrogens with zero attached hydrogens (tertiary/aromatic N) is 1.